The molecule has 0 spiro atoms. The minimum atomic E-state index is -0.319. The van der Waals surface area contributed by atoms with E-state index >= 15 is 0 Å². The van der Waals surface area contributed by atoms with Crippen molar-refractivity contribution in [3.05, 3.63) is 148 Å². The number of nitrogens with zero attached hydrogens (tertiary/aromatic N) is 3. The fourth-order valence-corrected chi connectivity index (χ4v) is 6.87. The highest BCUT2D eigenvalue weighted by Gasteiger charge is 2.30. The summed E-state index contributed by atoms with van der Waals surface area (Å²) < 4.78 is 22.8. The Morgan fingerprint density at radius 3 is 1.62 bits per heavy atom. The molecule has 3 N–H and O–H groups in total. The molecule has 0 saturated carbocycles. The van der Waals surface area contributed by atoms with Gasteiger partial charge in [0.25, 0.3) is 5.91 Å². The molecule has 14 heteroatoms. The van der Waals surface area contributed by atoms with Gasteiger partial charge >= 0.3 is 12.2 Å². The van der Waals surface area contributed by atoms with Crippen LogP contribution in [0, 0.1) is 0 Å². The summed E-state index contributed by atoms with van der Waals surface area (Å²) in [5.41, 5.74) is 11.5. The maximum absolute atomic E-state index is 12.3. The average Bonchev–Trinajstić information content (AvgIpc) is 4.05. The summed E-state index contributed by atoms with van der Waals surface area (Å²) in [4.78, 5) is 44.6. The van der Waals surface area contributed by atoms with E-state index in [9.17, 15) is 14.4 Å². The third-order valence-electron chi connectivity index (χ3n) is 9.61. The second kappa shape index (κ2) is 21.8. The van der Waals surface area contributed by atoms with Gasteiger partial charge in [-0.05, 0) is 60.4 Å². The van der Waals surface area contributed by atoms with Crippen molar-refractivity contribution < 1.29 is 33.3 Å². The lowest BCUT2D eigenvalue weighted by molar-refractivity contribution is 0.0942. The molecule has 12 nitrogen and oxygen atoms in total. The molecule has 2 saturated heterocycles. The number of carbonyl (C=O) groups is 3. The van der Waals surface area contributed by atoms with Crippen LogP contribution in [0.2, 0.25) is 0 Å². The summed E-state index contributed by atoms with van der Waals surface area (Å²) >= 11 is 1.31. The maximum atomic E-state index is 12.3. The molecule has 3 heterocycles. The third kappa shape index (κ3) is 12.9. The maximum Gasteiger partial charge on any atom is 0.410 e. The van der Waals surface area contributed by atoms with Crippen molar-refractivity contribution >= 4 is 41.8 Å². The number of nitrogens with one attached hydrogen (secondary N) is 1. The van der Waals surface area contributed by atoms with Crippen molar-refractivity contribution in [2.24, 2.45) is 5.73 Å². The van der Waals surface area contributed by atoms with Gasteiger partial charge in [0.2, 0.25) is 0 Å². The number of likely N-dealkylation sites (tertiary alicyclic amines) is 2. The molecule has 3 amide bonds. The topological polar surface area (TPSA) is 146 Å². The highest BCUT2D eigenvalue weighted by atomic mass is 35.5. The standard InChI is InChI=1S/C24H25N3O4S.C20H24N2O3.ClH/c1-17(26-23(28)22-13-25-16-32-22)19-7-9-20(10-8-19)31-21-11-12-27(14-21)24(29)30-15-18-5-3-2-4-6-18;1-15(21)17-7-9-18(10-8-17)25-19-11-12-22(13-19)20(23)24-14-16-5-3-2-4-6-16;/h2-10,13,16-17,21H,11-12,14-15H2,1H3,(H,26,28);2-10,15,19H,11-14,21H2,1H3;1H/t17-,21?;15-,19?;/m00./s1. The fraction of sp³-hybridized carbons (Fsp3) is 0.318. The van der Waals surface area contributed by atoms with Gasteiger partial charge in [-0.15, -0.1) is 23.7 Å². The van der Waals surface area contributed by atoms with Crippen molar-refractivity contribution in [3.63, 3.8) is 0 Å². The Morgan fingerprint density at radius 2 is 1.19 bits per heavy atom. The second-order valence-corrected chi connectivity index (χ2v) is 14.9. The van der Waals surface area contributed by atoms with Gasteiger partial charge in [0.05, 0.1) is 30.8 Å². The van der Waals surface area contributed by atoms with E-state index in [-0.39, 0.29) is 61.4 Å². The monoisotopic (exact) mass is 827 g/mol. The van der Waals surface area contributed by atoms with Crippen molar-refractivity contribution in [2.45, 2.75) is 64.2 Å². The summed E-state index contributed by atoms with van der Waals surface area (Å²) in [6.07, 6.45) is 2.42. The number of amides is 3. The number of hydrogen-bond donors (Lipinski definition) is 2. The molecule has 2 fully saturated rings. The molecule has 1 aromatic heterocycles. The lowest BCUT2D eigenvalue weighted by Crippen LogP contribution is -2.31. The number of ether oxygens (including phenoxy) is 4. The van der Waals surface area contributed by atoms with Gasteiger partial charge in [-0.25, -0.2) is 9.59 Å². The molecular formula is C44H50ClN5O7S. The zero-order valence-electron chi connectivity index (χ0n) is 32.6. The van der Waals surface area contributed by atoms with Gasteiger partial charge in [-0.1, -0.05) is 84.9 Å². The molecule has 2 aliphatic rings. The number of hydrogen-bond acceptors (Lipinski definition) is 10. The van der Waals surface area contributed by atoms with Gasteiger partial charge in [-0.3, -0.25) is 9.78 Å². The second-order valence-electron chi connectivity index (χ2n) is 14.0. The molecule has 2 aliphatic heterocycles. The molecule has 0 bridgehead atoms. The predicted octanol–water partition coefficient (Wildman–Crippen LogP) is 8.34. The van der Waals surface area contributed by atoms with E-state index < -0.39 is 0 Å². The van der Waals surface area contributed by atoms with Gasteiger partial charge < -0.3 is 39.8 Å². The predicted molar refractivity (Wildman–Crippen MR) is 225 cm³/mol. The molecule has 7 rings (SSSR count). The van der Waals surface area contributed by atoms with Crippen LogP contribution >= 0.6 is 23.7 Å². The van der Waals surface area contributed by atoms with E-state index in [4.69, 9.17) is 24.7 Å². The number of thiazole rings is 1. The molecular weight excluding hydrogens is 778 g/mol. The lowest BCUT2D eigenvalue weighted by Gasteiger charge is -2.18. The first-order chi connectivity index (χ1) is 27.7. The Morgan fingerprint density at radius 1 is 0.724 bits per heavy atom. The van der Waals surface area contributed by atoms with Crippen molar-refractivity contribution in [3.8, 4) is 11.5 Å². The minimum Gasteiger partial charge on any atom is -0.489 e. The first-order valence-corrected chi connectivity index (χ1v) is 20.0. The van der Waals surface area contributed by atoms with E-state index in [2.05, 4.69) is 10.3 Å². The Labute approximate surface area is 349 Å². The summed E-state index contributed by atoms with van der Waals surface area (Å²) in [5, 5.41) is 2.97. The Kier molecular flexibility index (Phi) is 16.3. The molecule has 2 unspecified atom stereocenters. The smallest absolute Gasteiger partial charge is 0.410 e. The SMILES string of the molecule is C[C@H](N)c1ccc(OC2CCN(C(=O)OCc3ccccc3)C2)cc1.C[C@H](NC(=O)c1cncs1)c1ccc(OC2CCN(C(=O)OCc3ccccc3)C2)cc1.Cl. The van der Waals surface area contributed by atoms with Crippen LogP contribution in [0.3, 0.4) is 0 Å². The lowest BCUT2D eigenvalue weighted by atomic mass is 10.1. The quantitative estimate of drug-likeness (QED) is 0.127. The molecule has 306 valence electrons. The van der Waals surface area contributed by atoms with Gasteiger partial charge in [0, 0.05) is 32.0 Å². The molecule has 4 atom stereocenters. The van der Waals surface area contributed by atoms with Crippen LogP contribution < -0.4 is 20.5 Å². The number of halogens is 1. The third-order valence-corrected chi connectivity index (χ3v) is 10.4. The van der Waals surface area contributed by atoms with Crippen LogP contribution in [0.1, 0.15) is 70.7 Å². The number of rotatable bonds is 12. The minimum absolute atomic E-state index is 0. The van der Waals surface area contributed by atoms with Gasteiger partial charge in [-0.2, -0.15) is 0 Å². The Hall–Kier alpha value is -5.63. The molecule has 5 aromatic rings. The van der Waals surface area contributed by atoms with Crippen LogP contribution in [0.25, 0.3) is 0 Å². The average molecular weight is 828 g/mol. The van der Waals surface area contributed by atoms with Crippen LogP contribution in [0.15, 0.2) is 121 Å². The van der Waals surface area contributed by atoms with E-state index in [1.54, 1.807) is 21.5 Å². The van der Waals surface area contributed by atoms with E-state index in [1.165, 1.54) is 11.3 Å². The van der Waals surface area contributed by atoms with Crippen LogP contribution in [0.4, 0.5) is 9.59 Å². The van der Waals surface area contributed by atoms with Crippen LogP contribution in [-0.2, 0) is 22.7 Å². The number of aromatic nitrogens is 1. The van der Waals surface area contributed by atoms with E-state index in [1.807, 2.05) is 123 Å². The zero-order chi connectivity index (χ0) is 40.0. The van der Waals surface area contributed by atoms with Crippen molar-refractivity contribution in [1.29, 1.82) is 0 Å². The number of benzene rings is 4. The Balaban J connectivity index is 0.000000224. The normalized spacial score (nSPS) is 16.8. The van der Waals surface area contributed by atoms with Crippen LogP contribution in [0.5, 0.6) is 11.5 Å². The number of carbonyl (C=O) groups excluding carboxylic acids is 3. The van der Waals surface area contributed by atoms with Gasteiger partial charge in [0.15, 0.2) is 0 Å². The fourth-order valence-electron chi connectivity index (χ4n) is 6.35. The van der Waals surface area contributed by atoms with Gasteiger partial charge in [0.1, 0.15) is 41.8 Å². The highest BCUT2D eigenvalue weighted by molar-refractivity contribution is 7.11. The Bertz CT molecular complexity index is 2010. The highest BCUT2D eigenvalue weighted by Crippen LogP contribution is 2.24. The molecule has 0 radical (unpaired) electrons. The van der Waals surface area contributed by atoms with Crippen molar-refractivity contribution in [1.82, 2.24) is 20.1 Å². The first-order valence-electron chi connectivity index (χ1n) is 19.1. The summed E-state index contributed by atoms with van der Waals surface area (Å²) in [5.74, 6) is 1.40. The van der Waals surface area contributed by atoms with E-state index in [0.29, 0.717) is 37.7 Å². The zero-order valence-corrected chi connectivity index (χ0v) is 34.2. The first kappa shape index (κ1) is 43.5. The molecule has 58 heavy (non-hydrogen) atoms. The van der Waals surface area contributed by atoms with E-state index in [0.717, 1.165) is 46.6 Å². The molecule has 4 aromatic carbocycles. The van der Waals surface area contributed by atoms with Crippen LogP contribution in [-0.4, -0.2) is 71.3 Å². The summed E-state index contributed by atoms with van der Waals surface area (Å²) in [6, 6.07) is 34.6. The molecule has 0 aliphatic carbocycles. The number of nitrogens with two attached hydrogens (primary N) is 1. The largest absolute Gasteiger partial charge is 0.489 e. The van der Waals surface area contributed by atoms with Crippen molar-refractivity contribution in [2.75, 3.05) is 26.2 Å². The summed E-state index contributed by atoms with van der Waals surface area (Å²) in [6.45, 7) is 6.74. The summed E-state index contributed by atoms with van der Waals surface area (Å²) in [7, 11) is 0.